The van der Waals surface area contributed by atoms with Crippen molar-refractivity contribution in [3.8, 4) is 0 Å². The number of nitrogens with zero attached hydrogens (tertiary/aromatic N) is 1. The number of rotatable bonds is 10. The number of hydrogen-bond donors (Lipinski definition) is 5. The number of guanidine groups is 1. The molecule has 0 saturated heterocycles. The number of carbonyl (C=O) groups is 3. The van der Waals surface area contributed by atoms with Crippen LogP contribution in [0.15, 0.2) is 11.6 Å². The van der Waals surface area contributed by atoms with E-state index in [1.54, 1.807) is 20.9 Å². The highest BCUT2D eigenvalue weighted by molar-refractivity contribution is 5.90. The zero-order valence-electron chi connectivity index (χ0n) is 17.4. The maximum Gasteiger partial charge on any atom is 0.339 e. The molecule has 160 valence electrons. The Kier molecular flexibility index (Phi) is 10.2. The van der Waals surface area contributed by atoms with Gasteiger partial charge in [-0.3, -0.25) is 26.0 Å². The minimum atomic E-state index is -1.31. The fraction of sp³-hybridized carbons (Fsp3) is 0.667. The van der Waals surface area contributed by atoms with Gasteiger partial charge in [-0.1, -0.05) is 33.8 Å². The first-order chi connectivity index (χ1) is 12.8. The lowest BCUT2D eigenvalue weighted by Crippen LogP contribution is -2.88. The van der Waals surface area contributed by atoms with E-state index in [1.165, 1.54) is 17.9 Å². The van der Waals surface area contributed by atoms with Crippen LogP contribution in [0.2, 0.25) is 0 Å². The van der Waals surface area contributed by atoms with Crippen molar-refractivity contribution in [3.05, 3.63) is 11.6 Å². The summed E-state index contributed by atoms with van der Waals surface area (Å²) in [6.07, 6.45) is 1.46. The summed E-state index contributed by atoms with van der Waals surface area (Å²) in [5.74, 6) is -2.93. The third-order valence-electron chi connectivity index (χ3n) is 4.29. The maximum atomic E-state index is 13.0. The number of aliphatic hydroxyl groups excluding tert-OH is 1. The Balaban J connectivity index is 5.64. The third-order valence-corrected chi connectivity index (χ3v) is 4.29. The number of aliphatic hydroxyl groups is 1. The highest BCUT2D eigenvalue weighted by Gasteiger charge is 2.32. The number of amides is 2. The Bertz CT molecular complexity index is 626. The van der Waals surface area contributed by atoms with Crippen molar-refractivity contribution in [2.75, 3.05) is 13.7 Å². The second-order valence-electron chi connectivity index (χ2n) is 7.39. The highest BCUT2D eigenvalue weighted by atomic mass is 16.4. The van der Waals surface area contributed by atoms with Gasteiger partial charge in [-0.2, -0.15) is 0 Å². The normalized spacial score (nSPS) is 15.0. The van der Waals surface area contributed by atoms with E-state index in [9.17, 15) is 24.6 Å². The van der Waals surface area contributed by atoms with E-state index in [-0.39, 0.29) is 23.4 Å². The van der Waals surface area contributed by atoms with E-state index in [0.29, 0.717) is 0 Å². The third kappa shape index (κ3) is 7.55. The van der Waals surface area contributed by atoms with Crippen LogP contribution in [0.5, 0.6) is 0 Å². The number of nitrogens with one attached hydrogen (secondary N) is 2. The van der Waals surface area contributed by atoms with Gasteiger partial charge in [0.15, 0.2) is 6.04 Å². The minimum absolute atomic E-state index is 0.0157. The molecule has 10 heteroatoms. The van der Waals surface area contributed by atoms with Gasteiger partial charge in [0.25, 0.3) is 5.91 Å². The Morgan fingerprint density at radius 3 is 2.07 bits per heavy atom. The van der Waals surface area contributed by atoms with Gasteiger partial charge in [0.2, 0.25) is 5.91 Å². The Morgan fingerprint density at radius 2 is 1.71 bits per heavy atom. The lowest BCUT2D eigenvalue weighted by Gasteiger charge is -2.34. The SMILES string of the molecule is C/C(=C\[C@H](C(C)C)N(C)C(=O)[C@@H](NC(=O)[C@H](CO)[NH+]=C(N)N)C(C)C)C(=O)[O-]. The van der Waals surface area contributed by atoms with Gasteiger partial charge in [-0.25, -0.2) is 0 Å². The molecular formula is C18H33N5O5. The molecule has 2 amide bonds. The smallest absolute Gasteiger partial charge is 0.339 e. The molecule has 0 fully saturated rings. The largest absolute Gasteiger partial charge is 0.545 e. The zero-order chi connectivity index (χ0) is 22.2. The van der Waals surface area contributed by atoms with Crippen LogP contribution in [0.1, 0.15) is 34.6 Å². The Hall–Kier alpha value is -2.62. The van der Waals surface area contributed by atoms with Crippen LogP contribution in [-0.2, 0) is 14.4 Å². The average molecular weight is 399 g/mol. The molecule has 3 atom stereocenters. The molecule has 0 spiro atoms. The summed E-state index contributed by atoms with van der Waals surface area (Å²) in [7, 11) is 1.54. The molecule has 0 aliphatic carbocycles. The van der Waals surface area contributed by atoms with E-state index >= 15 is 0 Å². The molecule has 10 nitrogen and oxygen atoms in total. The molecule has 0 aromatic heterocycles. The quantitative estimate of drug-likeness (QED) is 0.141. The van der Waals surface area contributed by atoms with Gasteiger partial charge in [0.05, 0.1) is 18.6 Å². The molecule has 0 aliphatic heterocycles. The first-order valence-electron chi connectivity index (χ1n) is 9.05. The van der Waals surface area contributed by atoms with Gasteiger partial charge in [0, 0.05) is 7.05 Å². The fourth-order valence-corrected chi connectivity index (χ4v) is 2.60. The van der Waals surface area contributed by atoms with E-state index in [1.807, 2.05) is 13.8 Å². The monoisotopic (exact) mass is 399 g/mol. The number of aliphatic carboxylic acids is 1. The zero-order valence-corrected chi connectivity index (χ0v) is 17.4. The standard InChI is InChI=1S/C18H33N5O5/c1-9(2)13(7-11(5)17(27)28)23(6)16(26)14(10(3)4)22-15(25)12(8-24)21-18(19)20/h7,9-10,12-14,24H,8H2,1-6H3,(H,22,25)(H,27,28)(H4,19,20,21)/b11-7+/t12-,13+,14-/m0/s1. The van der Waals surface area contributed by atoms with Crippen molar-refractivity contribution >= 4 is 23.7 Å². The van der Waals surface area contributed by atoms with E-state index < -0.39 is 42.5 Å². The van der Waals surface area contributed by atoms with Crippen LogP contribution in [0.4, 0.5) is 0 Å². The van der Waals surface area contributed by atoms with Crippen LogP contribution in [0, 0.1) is 11.8 Å². The lowest BCUT2D eigenvalue weighted by atomic mass is 9.97. The molecule has 0 aliphatic rings. The summed E-state index contributed by atoms with van der Waals surface area (Å²) in [4.78, 5) is 40.3. The Morgan fingerprint density at radius 1 is 1.18 bits per heavy atom. The summed E-state index contributed by atoms with van der Waals surface area (Å²) in [5.41, 5.74) is 10.6. The van der Waals surface area contributed by atoms with Gasteiger partial charge >= 0.3 is 5.96 Å². The first-order valence-corrected chi connectivity index (χ1v) is 9.05. The molecule has 0 heterocycles. The molecule has 0 bridgehead atoms. The summed E-state index contributed by atoms with van der Waals surface area (Å²) < 4.78 is 0. The molecule has 0 rings (SSSR count). The van der Waals surface area contributed by atoms with Crippen molar-refractivity contribution in [2.45, 2.75) is 52.7 Å². The minimum Gasteiger partial charge on any atom is -0.545 e. The number of hydrogen-bond acceptors (Lipinski definition) is 5. The lowest BCUT2D eigenvalue weighted by molar-refractivity contribution is -0.493. The van der Waals surface area contributed by atoms with Crippen LogP contribution < -0.4 is 26.9 Å². The van der Waals surface area contributed by atoms with Gasteiger partial charge in [-0.15, -0.1) is 0 Å². The molecule has 7 N–H and O–H groups in total. The summed E-state index contributed by atoms with van der Waals surface area (Å²) in [6.45, 7) is 8.04. The van der Waals surface area contributed by atoms with E-state index in [2.05, 4.69) is 10.3 Å². The summed E-state index contributed by atoms with van der Waals surface area (Å²) in [5, 5.41) is 23.0. The second-order valence-corrected chi connectivity index (χ2v) is 7.39. The molecule has 0 saturated carbocycles. The molecule has 0 aromatic carbocycles. The highest BCUT2D eigenvalue weighted by Crippen LogP contribution is 2.16. The van der Waals surface area contributed by atoms with Crippen molar-refractivity contribution in [1.29, 1.82) is 0 Å². The van der Waals surface area contributed by atoms with Crippen molar-refractivity contribution in [2.24, 2.45) is 23.3 Å². The molecule has 0 aromatic rings. The van der Waals surface area contributed by atoms with Crippen LogP contribution in [0.25, 0.3) is 0 Å². The second kappa shape index (κ2) is 11.3. The molecular weight excluding hydrogens is 366 g/mol. The van der Waals surface area contributed by atoms with Crippen molar-refractivity contribution in [3.63, 3.8) is 0 Å². The Labute approximate surface area is 165 Å². The van der Waals surface area contributed by atoms with Crippen molar-refractivity contribution < 1.29 is 29.6 Å². The molecule has 0 radical (unpaired) electrons. The summed E-state index contributed by atoms with van der Waals surface area (Å²) >= 11 is 0. The van der Waals surface area contributed by atoms with E-state index in [0.717, 1.165) is 0 Å². The van der Waals surface area contributed by atoms with Crippen LogP contribution >= 0.6 is 0 Å². The number of nitrogens with two attached hydrogens (primary N) is 2. The average Bonchev–Trinajstić information content (AvgIpc) is 2.59. The summed E-state index contributed by atoms with van der Waals surface area (Å²) in [6, 6.07) is -2.51. The van der Waals surface area contributed by atoms with Crippen LogP contribution in [-0.4, -0.2) is 65.5 Å². The number of carbonyl (C=O) groups excluding carboxylic acids is 3. The van der Waals surface area contributed by atoms with Gasteiger partial charge in [-0.05, 0) is 24.3 Å². The van der Waals surface area contributed by atoms with Crippen molar-refractivity contribution in [1.82, 2.24) is 10.2 Å². The number of carboxylic acids is 1. The van der Waals surface area contributed by atoms with Gasteiger partial charge in [0.1, 0.15) is 6.04 Å². The number of carboxylic acid groups (broad SMARTS) is 1. The topological polar surface area (TPSA) is 176 Å². The number of likely N-dealkylation sites (N-methyl/N-ethyl adjacent to an activating group) is 1. The predicted molar refractivity (Wildman–Crippen MR) is 102 cm³/mol. The fourth-order valence-electron chi connectivity index (χ4n) is 2.60. The van der Waals surface area contributed by atoms with E-state index in [4.69, 9.17) is 11.5 Å². The predicted octanol–water partition coefficient (Wildman–Crippen LogP) is -3.98. The maximum absolute atomic E-state index is 13.0. The molecule has 0 unspecified atom stereocenters. The van der Waals surface area contributed by atoms with Crippen LogP contribution in [0.3, 0.4) is 0 Å². The molecule has 28 heavy (non-hydrogen) atoms. The van der Waals surface area contributed by atoms with Gasteiger partial charge < -0.3 is 25.2 Å². The first kappa shape index (κ1) is 25.4.